The van der Waals surface area contributed by atoms with Crippen molar-refractivity contribution in [3.63, 3.8) is 0 Å². The van der Waals surface area contributed by atoms with Crippen LogP contribution >= 0.6 is 0 Å². The SMILES string of the molecule is COCCCCCNCc1cc(F)c(O)c(F)c1. The van der Waals surface area contributed by atoms with Gasteiger partial charge >= 0.3 is 0 Å². The molecule has 0 aliphatic carbocycles. The van der Waals surface area contributed by atoms with E-state index < -0.39 is 17.4 Å². The van der Waals surface area contributed by atoms with Crippen LogP contribution in [0, 0.1) is 11.6 Å². The molecule has 18 heavy (non-hydrogen) atoms. The molecule has 0 amide bonds. The van der Waals surface area contributed by atoms with Gasteiger partial charge in [0.05, 0.1) is 0 Å². The van der Waals surface area contributed by atoms with Crippen molar-refractivity contribution in [1.29, 1.82) is 0 Å². The standard InChI is InChI=1S/C13H19F2NO2/c1-18-6-4-2-3-5-16-9-10-7-11(14)13(17)12(15)8-10/h7-8,16-17H,2-6,9H2,1H3. The van der Waals surface area contributed by atoms with Gasteiger partial charge in [-0.05, 0) is 43.5 Å². The molecule has 0 aromatic heterocycles. The van der Waals surface area contributed by atoms with E-state index in [2.05, 4.69) is 5.32 Å². The number of nitrogens with one attached hydrogen (secondary N) is 1. The lowest BCUT2D eigenvalue weighted by molar-refractivity contribution is 0.192. The Bertz CT molecular complexity index is 349. The molecule has 0 heterocycles. The Morgan fingerprint density at radius 3 is 2.44 bits per heavy atom. The average molecular weight is 259 g/mol. The molecule has 3 nitrogen and oxygen atoms in total. The summed E-state index contributed by atoms with van der Waals surface area (Å²) in [5.41, 5.74) is 0.486. The molecule has 0 unspecified atom stereocenters. The van der Waals surface area contributed by atoms with Crippen molar-refractivity contribution in [2.45, 2.75) is 25.8 Å². The fourth-order valence-corrected chi connectivity index (χ4v) is 1.63. The molecular formula is C13H19F2NO2. The lowest BCUT2D eigenvalue weighted by atomic mass is 10.2. The Morgan fingerprint density at radius 1 is 1.17 bits per heavy atom. The molecule has 102 valence electrons. The number of unbranched alkanes of at least 4 members (excludes halogenated alkanes) is 2. The quantitative estimate of drug-likeness (QED) is 0.705. The van der Waals surface area contributed by atoms with E-state index in [1.165, 1.54) is 0 Å². The average Bonchev–Trinajstić information content (AvgIpc) is 2.34. The molecule has 1 aromatic carbocycles. The number of methoxy groups -OCH3 is 1. The first-order chi connectivity index (χ1) is 8.65. The Hall–Kier alpha value is -1.20. The van der Waals surface area contributed by atoms with E-state index in [1.54, 1.807) is 7.11 Å². The van der Waals surface area contributed by atoms with Crippen molar-refractivity contribution in [3.8, 4) is 5.75 Å². The molecule has 1 rings (SSSR count). The van der Waals surface area contributed by atoms with Gasteiger partial charge in [0.25, 0.3) is 0 Å². The summed E-state index contributed by atoms with van der Waals surface area (Å²) in [6, 6.07) is 2.27. The third-order valence-electron chi connectivity index (χ3n) is 2.61. The van der Waals surface area contributed by atoms with E-state index in [9.17, 15) is 8.78 Å². The van der Waals surface area contributed by atoms with Crippen molar-refractivity contribution < 1.29 is 18.6 Å². The fourth-order valence-electron chi connectivity index (χ4n) is 1.63. The molecule has 2 N–H and O–H groups in total. The topological polar surface area (TPSA) is 41.5 Å². The minimum Gasteiger partial charge on any atom is -0.503 e. The van der Waals surface area contributed by atoms with Crippen molar-refractivity contribution in [1.82, 2.24) is 5.32 Å². The Balaban J connectivity index is 2.23. The number of aromatic hydroxyl groups is 1. The van der Waals surface area contributed by atoms with E-state index in [0.717, 1.165) is 44.5 Å². The van der Waals surface area contributed by atoms with Gasteiger partial charge in [0, 0.05) is 20.3 Å². The highest BCUT2D eigenvalue weighted by molar-refractivity contribution is 5.29. The molecule has 0 fully saturated rings. The largest absolute Gasteiger partial charge is 0.503 e. The van der Waals surface area contributed by atoms with Crippen LogP contribution in [-0.4, -0.2) is 25.4 Å². The van der Waals surface area contributed by atoms with E-state index in [4.69, 9.17) is 9.84 Å². The first kappa shape index (κ1) is 14.9. The van der Waals surface area contributed by atoms with Crippen LogP contribution in [-0.2, 0) is 11.3 Å². The molecule has 0 aliphatic rings. The summed E-state index contributed by atoms with van der Waals surface area (Å²) in [7, 11) is 1.67. The molecule has 0 spiro atoms. The summed E-state index contributed by atoms with van der Waals surface area (Å²) in [5.74, 6) is -2.77. The minimum absolute atomic E-state index is 0.387. The smallest absolute Gasteiger partial charge is 0.187 e. The predicted octanol–water partition coefficient (Wildman–Crippen LogP) is 2.58. The third kappa shape index (κ3) is 4.98. The van der Waals surface area contributed by atoms with Crippen LogP contribution in [0.3, 0.4) is 0 Å². The number of hydrogen-bond acceptors (Lipinski definition) is 3. The number of hydrogen-bond donors (Lipinski definition) is 2. The Morgan fingerprint density at radius 2 is 1.83 bits per heavy atom. The lowest BCUT2D eigenvalue weighted by Gasteiger charge is -2.06. The van der Waals surface area contributed by atoms with Gasteiger partial charge in [0.2, 0.25) is 0 Å². The van der Waals surface area contributed by atoms with Gasteiger partial charge < -0.3 is 15.2 Å². The molecule has 0 aliphatic heterocycles. The predicted molar refractivity (Wildman–Crippen MR) is 65.5 cm³/mol. The maximum Gasteiger partial charge on any atom is 0.187 e. The Labute approximate surface area is 106 Å². The summed E-state index contributed by atoms with van der Waals surface area (Å²) in [4.78, 5) is 0. The summed E-state index contributed by atoms with van der Waals surface area (Å²) >= 11 is 0. The fraction of sp³-hybridized carbons (Fsp3) is 0.538. The van der Waals surface area contributed by atoms with Gasteiger partial charge in [0.15, 0.2) is 17.4 Å². The monoisotopic (exact) mass is 259 g/mol. The summed E-state index contributed by atoms with van der Waals surface area (Å²) in [5, 5.41) is 12.0. The second kappa shape index (κ2) is 8.00. The van der Waals surface area contributed by atoms with Crippen LogP contribution < -0.4 is 5.32 Å². The van der Waals surface area contributed by atoms with Crippen LogP contribution in [0.5, 0.6) is 5.75 Å². The van der Waals surface area contributed by atoms with E-state index in [0.29, 0.717) is 12.1 Å². The molecule has 0 radical (unpaired) electrons. The molecule has 0 saturated carbocycles. The minimum atomic E-state index is -0.924. The highest BCUT2D eigenvalue weighted by Gasteiger charge is 2.08. The zero-order valence-corrected chi connectivity index (χ0v) is 10.5. The zero-order chi connectivity index (χ0) is 13.4. The molecule has 1 aromatic rings. The number of ether oxygens (including phenoxy) is 1. The number of benzene rings is 1. The van der Waals surface area contributed by atoms with Crippen LogP contribution in [0.1, 0.15) is 24.8 Å². The van der Waals surface area contributed by atoms with Gasteiger partial charge in [-0.1, -0.05) is 0 Å². The van der Waals surface area contributed by atoms with E-state index in [-0.39, 0.29) is 0 Å². The molecule has 5 heteroatoms. The van der Waals surface area contributed by atoms with Gasteiger partial charge in [-0.15, -0.1) is 0 Å². The highest BCUT2D eigenvalue weighted by Crippen LogP contribution is 2.21. The molecule has 0 bridgehead atoms. The van der Waals surface area contributed by atoms with Crippen LogP contribution in [0.4, 0.5) is 8.78 Å². The summed E-state index contributed by atoms with van der Waals surface area (Å²) in [6.07, 6.45) is 3.06. The van der Waals surface area contributed by atoms with Crippen molar-refractivity contribution in [2.24, 2.45) is 0 Å². The van der Waals surface area contributed by atoms with E-state index >= 15 is 0 Å². The number of rotatable bonds is 8. The number of phenolic OH excluding ortho intramolecular Hbond substituents is 1. The number of halogens is 2. The van der Waals surface area contributed by atoms with Crippen LogP contribution in [0.15, 0.2) is 12.1 Å². The normalized spacial score (nSPS) is 10.8. The molecular weight excluding hydrogens is 240 g/mol. The zero-order valence-electron chi connectivity index (χ0n) is 10.5. The van der Waals surface area contributed by atoms with Gasteiger partial charge in [-0.3, -0.25) is 0 Å². The van der Waals surface area contributed by atoms with Gasteiger partial charge in [-0.25, -0.2) is 8.78 Å². The first-order valence-electron chi connectivity index (χ1n) is 6.01. The maximum atomic E-state index is 13.0. The lowest BCUT2D eigenvalue weighted by Crippen LogP contribution is -2.15. The highest BCUT2D eigenvalue weighted by atomic mass is 19.1. The van der Waals surface area contributed by atoms with Crippen LogP contribution in [0.25, 0.3) is 0 Å². The third-order valence-corrected chi connectivity index (χ3v) is 2.61. The summed E-state index contributed by atoms with van der Waals surface area (Å²) < 4.78 is 31.0. The van der Waals surface area contributed by atoms with Gasteiger partial charge in [0.1, 0.15) is 0 Å². The van der Waals surface area contributed by atoms with E-state index in [1.807, 2.05) is 0 Å². The van der Waals surface area contributed by atoms with Crippen molar-refractivity contribution in [3.05, 3.63) is 29.3 Å². The molecule has 0 atom stereocenters. The van der Waals surface area contributed by atoms with Crippen LogP contribution in [0.2, 0.25) is 0 Å². The molecule has 0 saturated heterocycles. The van der Waals surface area contributed by atoms with Crippen molar-refractivity contribution in [2.75, 3.05) is 20.3 Å². The summed E-state index contributed by atoms with van der Waals surface area (Å²) in [6.45, 7) is 1.93. The maximum absolute atomic E-state index is 13.0. The van der Waals surface area contributed by atoms with Crippen molar-refractivity contribution >= 4 is 0 Å². The van der Waals surface area contributed by atoms with Gasteiger partial charge in [-0.2, -0.15) is 0 Å². The second-order valence-corrected chi connectivity index (χ2v) is 4.14. The first-order valence-corrected chi connectivity index (χ1v) is 6.01. The Kier molecular flexibility index (Phi) is 6.60. The second-order valence-electron chi connectivity index (χ2n) is 4.14. The number of phenols is 1.